The van der Waals surface area contributed by atoms with E-state index in [0.29, 0.717) is 0 Å². The summed E-state index contributed by atoms with van der Waals surface area (Å²) in [6.07, 6.45) is -23.1. The Bertz CT molecular complexity index is 743. The molecular weight excluding hydrogens is 510 g/mol. The lowest BCUT2D eigenvalue weighted by atomic mass is 9.95. The Hall–Kier alpha value is -1.13. The first-order valence-corrected chi connectivity index (χ1v) is 11.6. The van der Waals surface area contributed by atoms with Crippen molar-refractivity contribution in [2.75, 3.05) is 19.8 Å². The third kappa shape index (κ3) is 6.38. The van der Waals surface area contributed by atoms with Crippen LogP contribution in [-0.4, -0.2) is 169 Å². The van der Waals surface area contributed by atoms with Crippen molar-refractivity contribution in [1.82, 2.24) is 5.32 Å². The average molecular weight is 545 g/mol. The molecule has 216 valence electrons. The van der Waals surface area contributed by atoms with E-state index in [1.54, 1.807) is 0 Å². The fraction of sp³-hybridized carbons (Fsp3) is 0.950. The number of ether oxygens (including phenoxy) is 5. The van der Waals surface area contributed by atoms with Crippen molar-refractivity contribution < 1.29 is 79.5 Å². The monoisotopic (exact) mass is 545 g/mol. The maximum Gasteiger partial charge on any atom is 0.217 e. The Balaban J connectivity index is 1.77. The predicted molar refractivity (Wildman–Crippen MR) is 113 cm³/mol. The molecule has 3 heterocycles. The van der Waals surface area contributed by atoms with Gasteiger partial charge in [0.25, 0.3) is 0 Å². The number of hydrogen-bond acceptors (Lipinski definition) is 16. The molecule has 3 aliphatic heterocycles. The fourth-order valence-electron chi connectivity index (χ4n) is 4.46. The highest BCUT2D eigenvalue weighted by Crippen LogP contribution is 2.32. The normalized spacial score (nSPS) is 49.0. The number of amides is 1. The van der Waals surface area contributed by atoms with Crippen molar-refractivity contribution in [2.45, 2.75) is 99.0 Å². The molecule has 1 amide bonds. The molecule has 0 aromatic rings. The van der Waals surface area contributed by atoms with E-state index in [4.69, 9.17) is 23.7 Å². The summed E-state index contributed by atoms with van der Waals surface area (Å²) >= 11 is 0. The van der Waals surface area contributed by atoms with E-state index < -0.39 is 118 Å². The summed E-state index contributed by atoms with van der Waals surface area (Å²) in [7, 11) is 0. The van der Waals surface area contributed by atoms with Crippen LogP contribution in [0.3, 0.4) is 0 Å². The SMILES string of the molecule is CC(=O)N[C@@H]1[C@H](O[C@H]2[C@H](O)[C@@H](O)[C@@H](O[C@H]3[C@H](O)[C@@H](O)[C@H](O)O[C@@H]3CO)O[C@@H]2CO)O[C@H](CO)[C@@H](O)[C@@H]1O. The highest BCUT2D eigenvalue weighted by molar-refractivity contribution is 5.73. The van der Waals surface area contributed by atoms with Crippen molar-refractivity contribution in [3.05, 3.63) is 0 Å². The van der Waals surface area contributed by atoms with Crippen molar-refractivity contribution in [3.8, 4) is 0 Å². The van der Waals surface area contributed by atoms with Gasteiger partial charge in [-0.2, -0.15) is 0 Å². The topological polar surface area (TPSA) is 278 Å². The van der Waals surface area contributed by atoms with E-state index in [1.807, 2.05) is 0 Å². The minimum atomic E-state index is -1.92. The van der Waals surface area contributed by atoms with Crippen LogP contribution in [0, 0.1) is 0 Å². The Morgan fingerprint density at radius 1 is 0.649 bits per heavy atom. The number of aliphatic hydroxyl groups excluding tert-OH is 10. The first-order valence-electron chi connectivity index (χ1n) is 11.6. The van der Waals surface area contributed by atoms with Crippen LogP contribution in [0.2, 0.25) is 0 Å². The van der Waals surface area contributed by atoms with Gasteiger partial charge in [-0.05, 0) is 0 Å². The maximum atomic E-state index is 11.6. The molecule has 17 nitrogen and oxygen atoms in total. The molecule has 11 N–H and O–H groups in total. The molecule has 0 saturated carbocycles. The zero-order chi connectivity index (χ0) is 27.6. The minimum Gasteiger partial charge on any atom is -0.394 e. The molecule has 3 rings (SSSR count). The zero-order valence-electron chi connectivity index (χ0n) is 19.7. The highest BCUT2D eigenvalue weighted by Gasteiger charge is 2.53. The first-order chi connectivity index (χ1) is 17.4. The molecule has 0 aromatic heterocycles. The molecule has 0 radical (unpaired) electrons. The lowest BCUT2D eigenvalue weighted by Gasteiger charge is -2.48. The summed E-state index contributed by atoms with van der Waals surface area (Å²) in [6, 6.07) is -1.39. The second-order valence-corrected chi connectivity index (χ2v) is 9.07. The Morgan fingerprint density at radius 3 is 1.68 bits per heavy atom. The van der Waals surface area contributed by atoms with Crippen LogP contribution >= 0.6 is 0 Å². The maximum absolute atomic E-state index is 11.6. The Morgan fingerprint density at radius 2 is 1.14 bits per heavy atom. The quantitative estimate of drug-likeness (QED) is 0.135. The molecule has 0 aromatic carbocycles. The number of carbonyl (C=O) groups is 1. The van der Waals surface area contributed by atoms with Gasteiger partial charge in [-0.3, -0.25) is 4.79 Å². The van der Waals surface area contributed by atoms with Gasteiger partial charge in [0.05, 0.1) is 19.8 Å². The highest BCUT2D eigenvalue weighted by atomic mass is 16.7. The summed E-state index contributed by atoms with van der Waals surface area (Å²) in [4.78, 5) is 11.6. The Kier molecular flexibility index (Phi) is 10.5. The standard InChI is InChI=1S/C20H35NO16/c1-5(25)21-9-11(27)10(26)6(2-22)34-19(9)36-17-8(4-24)35-20(15(31)13(17)29)37-16-7(3-23)33-18(32)14(30)12(16)28/h6-20,22-24,26-32H,2-4H2,1H3,(H,21,25)/t6-,7-,8-,9+,10-,11-,12-,13-,14-,15-,16-,17-,18-,19+,20-/m1/s1. The zero-order valence-corrected chi connectivity index (χ0v) is 19.7. The van der Waals surface area contributed by atoms with Crippen LogP contribution in [0.4, 0.5) is 0 Å². The predicted octanol–water partition coefficient (Wildman–Crippen LogP) is -7.43. The average Bonchev–Trinajstić information content (AvgIpc) is 2.87. The fourth-order valence-corrected chi connectivity index (χ4v) is 4.46. The number of rotatable bonds is 8. The van der Waals surface area contributed by atoms with Crippen molar-refractivity contribution in [3.63, 3.8) is 0 Å². The Labute approximate surface area is 210 Å². The van der Waals surface area contributed by atoms with Gasteiger partial charge in [0, 0.05) is 6.92 Å². The van der Waals surface area contributed by atoms with Gasteiger partial charge in [0.2, 0.25) is 5.91 Å². The van der Waals surface area contributed by atoms with Gasteiger partial charge >= 0.3 is 0 Å². The van der Waals surface area contributed by atoms with E-state index >= 15 is 0 Å². The van der Waals surface area contributed by atoms with Gasteiger partial charge in [0.1, 0.15) is 73.2 Å². The number of aliphatic hydroxyl groups is 10. The largest absolute Gasteiger partial charge is 0.394 e. The van der Waals surface area contributed by atoms with E-state index in [2.05, 4.69) is 5.32 Å². The first kappa shape index (κ1) is 30.4. The second-order valence-electron chi connectivity index (χ2n) is 9.07. The van der Waals surface area contributed by atoms with Gasteiger partial charge < -0.3 is 80.1 Å². The molecule has 15 atom stereocenters. The van der Waals surface area contributed by atoms with E-state index in [9.17, 15) is 55.9 Å². The van der Waals surface area contributed by atoms with Crippen molar-refractivity contribution in [1.29, 1.82) is 0 Å². The van der Waals surface area contributed by atoms with Gasteiger partial charge in [-0.1, -0.05) is 0 Å². The minimum absolute atomic E-state index is 0.637. The summed E-state index contributed by atoms with van der Waals surface area (Å²) < 4.78 is 27.0. The van der Waals surface area contributed by atoms with E-state index in [0.717, 1.165) is 6.92 Å². The number of nitrogens with one attached hydrogen (secondary N) is 1. The van der Waals surface area contributed by atoms with Gasteiger partial charge in [-0.25, -0.2) is 0 Å². The van der Waals surface area contributed by atoms with Crippen LogP contribution < -0.4 is 5.32 Å². The van der Waals surface area contributed by atoms with Crippen molar-refractivity contribution in [2.24, 2.45) is 0 Å². The van der Waals surface area contributed by atoms with Crippen molar-refractivity contribution >= 4 is 5.91 Å². The van der Waals surface area contributed by atoms with E-state index in [-0.39, 0.29) is 0 Å². The van der Waals surface area contributed by atoms with E-state index in [1.165, 1.54) is 0 Å². The third-order valence-corrected chi connectivity index (χ3v) is 6.49. The molecule has 0 aliphatic carbocycles. The summed E-state index contributed by atoms with van der Waals surface area (Å²) in [5, 5.41) is 103. The number of hydrogen-bond donors (Lipinski definition) is 11. The third-order valence-electron chi connectivity index (χ3n) is 6.49. The molecule has 0 spiro atoms. The molecule has 3 aliphatic rings. The van der Waals surface area contributed by atoms with Crippen LogP contribution in [0.25, 0.3) is 0 Å². The lowest BCUT2D eigenvalue weighted by Crippen LogP contribution is -2.68. The van der Waals surface area contributed by atoms with Crippen LogP contribution in [0.1, 0.15) is 6.92 Å². The summed E-state index contributed by atoms with van der Waals surface area (Å²) in [5.74, 6) is -0.637. The summed E-state index contributed by atoms with van der Waals surface area (Å²) in [6.45, 7) is -1.21. The summed E-state index contributed by atoms with van der Waals surface area (Å²) in [5.41, 5.74) is 0. The number of carbonyl (C=O) groups excluding carboxylic acids is 1. The molecule has 17 heteroatoms. The van der Waals surface area contributed by atoms with Crippen LogP contribution in [0.15, 0.2) is 0 Å². The molecule has 0 unspecified atom stereocenters. The lowest BCUT2D eigenvalue weighted by molar-refractivity contribution is -0.372. The smallest absolute Gasteiger partial charge is 0.217 e. The van der Waals surface area contributed by atoms with Crippen LogP contribution in [-0.2, 0) is 28.5 Å². The molecular formula is C20H35NO16. The molecule has 3 fully saturated rings. The molecule has 3 saturated heterocycles. The van der Waals surface area contributed by atoms with Gasteiger partial charge in [-0.15, -0.1) is 0 Å². The van der Waals surface area contributed by atoms with Crippen LogP contribution in [0.5, 0.6) is 0 Å². The van der Waals surface area contributed by atoms with Gasteiger partial charge in [0.15, 0.2) is 18.9 Å². The molecule has 0 bridgehead atoms. The molecule has 37 heavy (non-hydrogen) atoms. The second kappa shape index (κ2) is 12.8.